The van der Waals surface area contributed by atoms with Crippen LogP contribution < -0.4 is 5.32 Å². The molecule has 94 valence electrons. The third kappa shape index (κ3) is 2.87. The summed E-state index contributed by atoms with van der Waals surface area (Å²) in [6.45, 7) is 0.384. The molecular weight excluding hydrogens is 250 g/mol. The van der Waals surface area contributed by atoms with E-state index in [2.05, 4.69) is 5.32 Å². The lowest BCUT2D eigenvalue weighted by atomic mass is 10.1. The van der Waals surface area contributed by atoms with E-state index in [0.717, 1.165) is 10.1 Å². The first-order valence-corrected chi connectivity index (χ1v) is 6.52. The lowest BCUT2D eigenvalue weighted by molar-refractivity contribution is -0.137. The number of carboxylic acid groups (broad SMARTS) is 1. The molecule has 2 aromatic rings. The molecule has 0 saturated heterocycles. The lowest BCUT2D eigenvalue weighted by Crippen LogP contribution is -2.24. The molecule has 5 heteroatoms. The minimum absolute atomic E-state index is 0.0741. The Hall–Kier alpha value is -1.88. The zero-order chi connectivity index (χ0) is 13.0. The van der Waals surface area contributed by atoms with Gasteiger partial charge in [0.25, 0.3) is 5.91 Å². The number of thiophene rings is 1. The van der Waals surface area contributed by atoms with Gasteiger partial charge in [0.05, 0.1) is 5.56 Å². The van der Waals surface area contributed by atoms with Gasteiger partial charge in [-0.3, -0.25) is 9.59 Å². The van der Waals surface area contributed by atoms with Crippen molar-refractivity contribution in [3.8, 4) is 0 Å². The quantitative estimate of drug-likeness (QED) is 0.814. The number of carboxylic acids is 1. The Morgan fingerprint density at radius 2 is 2.06 bits per heavy atom. The van der Waals surface area contributed by atoms with Gasteiger partial charge >= 0.3 is 5.97 Å². The van der Waals surface area contributed by atoms with Gasteiger partial charge < -0.3 is 10.4 Å². The van der Waals surface area contributed by atoms with E-state index in [4.69, 9.17) is 5.11 Å². The molecule has 0 fully saturated rings. The molecule has 0 aliphatic heterocycles. The number of aliphatic carboxylic acids is 1. The van der Waals surface area contributed by atoms with Crippen LogP contribution >= 0.6 is 11.3 Å². The molecule has 1 heterocycles. The zero-order valence-corrected chi connectivity index (χ0v) is 10.5. The van der Waals surface area contributed by atoms with Crippen molar-refractivity contribution in [2.75, 3.05) is 6.54 Å². The van der Waals surface area contributed by atoms with Gasteiger partial charge in [0.1, 0.15) is 0 Å². The minimum Gasteiger partial charge on any atom is -0.481 e. The van der Waals surface area contributed by atoms with Gasteiger partial charge in [0.2, 0.25) is 0 Å². The first-order chi connectivity index (χ1) is 8.68. The van der Waals surface area contributed by atoms with Crippen molar-refractivity contribution < 1.29 is 14.7 Å². The zero-order valence-electron chi connectivity index (χ0n) is 9.68. The van der Waals surface area contributed by atoms with Crippen LogP contribution in [0.5, 0.6) is 0 Å². The molecule has 0 bridgehead atoms. The second-order valence-electron chi connectivity index (χ2n) is 3.90. The summed E-state index contributed by atoms with van der Waals surface area (Å²) in [5.41, 5.74) is 0.658. The maximum absolute atomic E-state index is 11.9. The van der Waals surface area contributed by atoms with Gasteiger partial charge in [-0.1, -0.05) is 18.2 Å². The molecule has 0 radical (unpaired) electrons. The van der Waals surface area contributed by atoms with E-state index < -0.39 is 5.97 Å². The second-order valence-corrected chi connectivity index (χ2v) is 4.81. The monoisotopic (exact) mass is 263 g/mol. The number of benzene rings is 1. The Morgan fingerprint density at radius 1 is 1.28 bits per heavy atom. The van der Waals surface area contributed by atoms with Crippen LogP contribution in [-0.4, -0.2) is 23.5 Å². The van der Waals surface area contributed by atoms with Gasteiger partial charge in [-0.2, -0.15) is 0 Å². The molecule has 1 aromatic heterocycles. The lowest BCUT2D eigenvalue weighted by Gasteiger charge is -2.03. The summed E-state index contributed by atoms with van der Waals surface area (Å²) in [4.78, 5) is 22.2. The Bertz CT molecular complexity index is 576. The van der Waals surface area contributed by atoms with Crippen LogP contribution in [0.3, 0.4) is 0 Å². The van der Waals surface area contributed by atoms with Gasteiger partial charge in [-0.25, -0.2) is 0 Å². The number of nitrogens with one attached hydrogen (secondary N) is 1. The maximum atomic E-state index is 11.9. The molecule has 1 aromatic carbocycles. The largest absolute Gasteiger partial charge is 0.481 e. The van der Waals surface area contributed by atoms with E-state index in [0.29, 0.717) is 18.5 Å². The molecule has 18 heavy (non-hydrogen) atoms. The summed E-state index contributed by atoms with van der Waals surface area (Å²) < 4.78 is 1.08. The fourth-order valence-electron chi connectivity index (χ4n) is 1.69. The first-order valence-electron chi connectivity index (χ1n) is 5.64. The van der Waals surface area contributed by atoms with Crippen molar-refractivity contribution in [3.63, 3.8) is 0 Å². The van der Waals surface area contributed by atoms with Gasteiger partial charge in [-0.15, -0.1) is 11.3 Å². The molecule has 0 aliphatic rings. The highest BCUT2D eigenvalue weighted by atomic mass is 32.1. The van der Waals surface area contributed by atoms with Gasteiger partial charge in [0, 0.05) is 28.4 Å². The van der Waals surface area contributed by atoms with Crippen molar-refractivity contribution in [2.45, 2.75) is 12.8 Å². The molecule has 0 unspecified atom stereocenters. The Morgan fingerprint density at radius 3 is 2.83 bits per heavy atom. The van der Waals surface area contributed by atoms with Crippen molar-refractivity contribution >= 4 is 33.3 Å². The summed E-state index contributed by atoms with van der Waals surface area (Å²) in [6, 6.07) is 7.73. The van der Waals surface area contributed by atoms with E-state index in [1.54, 1.807) is 0 Å². The summed E-state index contributed by atoms with van der Waals surface area (Å²) in [5.74, 6) is -0.983. The number of hydrogen-bond acceptors (Lipinski definition) is 3. The normalized spacial score (nSPS) is 10.4. The van der Waals surface area contributed by atoms with E-state index in [-0.39, 0.29) is 12.3 Å². The van der Waals surface area contributed by atoms with Crippen LogP contribution in [0.15, 0.2) is 29.6 Å². The standard InChI is InChI=1S/C13H13NO3S/c15-12(16)6-3-7-14-13(17)10-8-18-11-5-2-1-4-9(10)11/h1-2,4-5,8H,3,6-7H2,(H,14,17)(H,15,16). The molecule has 0 aliphatic carbocycles. The molecule has 4 nitrogen and oxygen atoms in total. The highest BCUT2D eigenvalue weighted by Crippen LogP contribution is 2.25. The Labute approximate surface area is 108 Å². The number of carbonyl (C=O) groups is 2. The average molecular weight is 263 g/mol. The summed E-state index contributed by atoms with van der Waals surface area (Å²) >= 11 is 1.53. The summed E-state index contributed by atoms with van der Waals surface area (Å²) in [5, 5.41) is 14.0. The van der Waals surface area contributed by atoms with E-state index >= 15 is 0 Å². The van der Waals surface area contributed by atoms with Crippen LogP contribution in [-0.2, 0) is 4.79 Å². The van der Waals surface area contributed by atoms with E-state index in [1.165, 1.54) is 11.3 Å². The maximum Gasteiger partial charge on any atom is 0.303 e. The highest BCUT2D eigenvalue weighted by Gasteiger charge is 2.11. The number of fused-ring (bicyclic) bond motifs is 1. The topological polar surface area (TPSA) is 66.4 Å². The van der Waals surface area contributed by atoms with Crippen LogP contribution in [0, 0.1) is 0 Å². The number of hydrogen-bond donors (Lipinski definition) is 2. The number of carbonyl (C=O) groups excluding carboxylic acids is 1. The molecule has 0 saturated carbocycles. The van der Waals surface area contributed by atoms with Crippen LogP contribution in [0.4, 0.5) is 0 Å². The third-order valence-electron chi connectivity index (χ3n) is 2.58. The van der Waals surface area contributed by atoms with Crippen molar-refractivity contribution in [1.29, 1.82) is 0 Å². The molecule has 1 amide bonds. The Kier molecular flexibility index (Phi) is 3.94. The fraction of sp³-hybridized carbons (Fsp3) is 0.231. The SMILES string of the molecule is O=C(O)CCCNC(=O)c1csc2ccccc12. The van der Waals surface area contributed by atoms with Crippen molar-refractivity contribution in [2.24, 2.45) is 0 Å². The van der Waals surface area contributed by atoms with Crippen LogP contribution in [0.25, 0.3) is 10.1 Å². The smallest absolute Gasteiger partial charge is 0.303 e. The molecule has 0 spiro atoms. The first kappa shape index (κ1) is 12.6. The predicted octanol–water partition coefficient (Wildman–Crippen LogP) is 2.50. The van der Waals surface area contributed by atoms with Gasteiger partial charge in [0.15, 0.2) is 0 Å². The summed E-state index contributed by atoms with van der Waals surface area (Å²) in [7, 11) is 0. The minimum atomic E-state index is -0.842. The number of rotatable bonds is 5. The van der Waals surface area contributed by atoms with E-state index in [9.17, 15) is 9.59 Å². The van der Waals surface area contributed by atoms with Crippen LogP contribution in [0.1, 0.15) is 23.2 Å². The molecule has 0 atom stereocenters. The second kappa shape index (κ2) is 5.64. The summed E-state index contributed by atoms with van der Waals surface area (Å²) in [6.07, 6.45) is 0.522. The van der Waals surface area contributed by atoms with E-state index in [1.807, 2.05) is 29.6 Å². The highest BCUT2D eigenvalue weighted by molar-refractivity contribution is 7.17. The van der Waals surface area contributed by atoms with Crippen molar-refractivity contribution in [1.82, 2.24) is 5.32 Å². The van der Waals surface area contributed by atoms with Crippen molar-refractivity contribution in [3.05, 3.63) is 35.2 Å². The number of amides is 1. The molecular formula is C13H13NO3S. The predicted molar refractivity (Wildman–Crippen MR) is 71.0 cm³/mol. The Balaban J connectivity index is 1.99. The molecule has 2 N–H and O–H groups in total. The average Bonchev–Trinajstić information content (AvgIpc) is 2.78. The fourth-order valence-corrected chi connectivity index (χ4v) is 2.63. The van der Waals surface area contributed by atoms with Crippen LogP contribution in [0.2, 0.25) is 0 Å². The van der Waals surface area contributed by atoms with Gasteiger partial charge in [-0.05, 0) is 12.5 Å². The third-order valence-corrected chi connectivity index (χ3v) is 3.54. The molecule has 2 rings (SSSR count).